The van der Waals surface area contributed by atoms with Crippen LogP contribution in [0.5, 0.6) is 0 Å². The Morgan fingerprint density at radius 2 is 2.00 bits per heavy atom. The normalized spacial score (nSPS) is 12.2. The summed E-state index contributed by atoms with van der Waals surface area (Å²) < 4.78 is 3.22. The molecule has 0 aromatic carbocycles. The van der Waals surface area contributed by atoms with Crippen molar-refractivity contribution < 1.29 is 0 Å². The average molecular weight is 207 g/mol. The summed E-state index contributed by atoms with van der Waals surface area (Å²) in [4.78, 5) is 11.9. The van der Waals surface area contributed by atoms with Crippen molar-refractivity contribution in [3.63, 3.8) is 0 Å². The predicted octanol–water partition coefficient (Wildman–Crippen LogP) is 1.18. The number of hydrogen-bond acceptors (Lipinski definition) is 2. The minimum atomic E-state index is -1.69. The highest BCUT2D eigenvalue weighted by Crippen LogP contribution is 2.03. The summed E-state index contributed by atoms with van der Waals surface area (Å²) in [5.41, 5.74) is 0.694. The lowest BCUT2D eigenvalue weighted by Gasteiger charge is -2.13. The van der Waals surface area contributed by atoms with Crippen LogP contribution in [0.3, 0.4) is 0 Å². The number of aromatic nitrogens is 3. The quantitative estimate of drug-likeness (QED) is 0.659. The van der Waals surface area contributed by atoms with E-state index in [2.05, 4.69) is 24.7 Å². The SMILES string of the molecule is C[Si](C)(C)n1nc2ccccn2c1=O. The highest BCUT2D eigenvalue weighted by molar-refractivity contribution is 6.74. The van der Waals surface area contributed by atoms with Gasteiger partial charge in [-0.25, -0.2) is 9.14 Å². The molecular weight excluding hydrogens is 194 g/mol. The van der Waals surface area contributed by atoms with Crippen LogP contribution in [0.4, 0.5) is 0 Å². The first-order valence-corrected chi connectivity index (χ1v) is 8.02. The molecule has 0 saturated carbocycles. The van der Waals surface area contributed by atoms with Crippen molar-refractivity contribution in [2.45, 2.75) is 19.6 Å². The van der Waals surface area contributed by atoms with E-state index in [4.69, 9.17) is 0 Å². The molecule has 2 rings (SSSR count). The molecule has 74 valence electrons. The summed E-state index contributed by atoms with van der Waals surface area (Å²) in [6.45, 7) is 6.29. The molecule has 0 fully saturated rings. The van der Waals surface area contributed by atoms with E-state index in [9.17, 15) is 4.79 Å². The van der Waals surface area contributed by atoms with Gasteiger partial charge in [-0.2, -0.15) is 5.10 Å². The van der Waals surface area contributed by atoms with E-state index in [1.165, 1.54) is 0 Å². The second kappa shape index (κ2) is 2.81. The first-order valence-electron chi connectivity index (χ1n) is 4.57. The van der Waals surface area contributed by atoms with Crippen LogP contribution in [0.2, 0.25) is 19.6 Å². The first kappa shape index (κ1) is 9.20. The lowest BCUT2D eigenvalue weighted by molar-refractivity contribution is 0.888. The maximum Gasteiger partial charge on any atom is 0.341 e. The molecule has 0 atom stereocenters. The Labute approximate surface area is 82.9 Å². The fraction of sp³-hybridized carbons (Fsp3) is 0.333. The molecule has 5 heteroatoms. The van der Waals surface area contributed by atoms with Gasteiger partial charge >= 0.3 is 5.69 Å². The fourth-order valence-electron chi connectivity index (χ4n) is 1.36. The highest BCUT2D eigenvalue weighted by atomic mass is 28.3. The summed E-state index contributed by atoms with van der Waals surface area (Å²) in [7, 11) is -1.69. The van der Waals surface area contributed by atoms with Gasteiger partial charge in [-0.15, -0.1) is 0 Å². The monoisotopic (exact) mass is 207 g/mol. The molecule has 0 N–H and O–H groups in total. The third-order valence-electron chi connectivity index (χ3n) is 2.06. The molecule has 0 aliphatic carbocycles. The van der Waals surface area contributed by atoms with Crippen molar-refractivity contribution >= 4 is 13.9 Å². The third-order valence-corrected chi connectivity index (χ3v) is 3.63. The van der Waals surface area contributed by atoms with Crippen LogP contribution >= 0.6 is 0 Å². The summed E-state index contributed by atoms with van der Waals surface area (Å²) in [5, 5.41) is 4.31. The lowest BCUT2D eigenvalue weighted by atomic mass is 10.5. The van der Waals surface area contributed by atoms with Gasteiger partial charge in [0.15, 0.2) is 13.9 Å². The predicted molar refractivity (Wildman–Crippen MR) is 58.2 cm³/mol. The van der Waals surface area contributed by atoms with Gasteiger partial charge in [-0.1, -0.05) is 6.07 Å². The maximum absolute atomic E-state index is 11.9. The van der Waals surface area contributed by atoms with Gasteiger partial charge in [-0.3, -0.25) is 4.40 Å². The standard InChI is InChI=1S/C9H13N3OSi/c1-14(2,3)12-9(13)11-7-5-4-6-8(11)10-12/h4-7H,1-3H3. The van der Waals surface area contributed by atoms with Gasteiger partial charge < -0.3 is 0 Å². The molecule has 0 spiro atoms. The smallest absolute Gasteiger partial charge is 0.251 e. The van der Waals surface area contributed by atoms with E-state index in [-0.39, 0.29) is 5.69 Å². The van der Waals surface area contributed by atoms with Gasteiger partial charge in [0.25, 0.3) is 0 Å². The average Bonchev–Trinajstić information content (AvgIpc) is 2.44. The topological polar surface area (TPSA) is 39.3 Å². The van der Waals surface area contributed by atoms with Crippen molar-refractivity contribution in [3.8, 4) is 0 Å². The lowest BCUT2D eigenvalue weighted by Crippen LogP contribution is -2.41. The molecule has 0 amide bonds. The second-order valence-electron chi connectivity index (χ2n) is 4.29. The third kappa shape index (κ3) is 1.29. The zero-order chi connectivity index (χ0) is 10.3. The first-order chi connectivity index (χ1) is 6.50. The molecule has 2 heterocycles. The van der Waals surface area contributed by atoms with Crippen LogP contribution in [0.1, 0.15) is 0 Å². The van der Waals surface area contributed by atoms with Gasteiger partial charge in [0, 0.05) is 6.20 Å². The van der Waals surface area contributed by atoms with Gasteiger partial charge in [-0.05, 0) is 31.8 Å². The van der Waals surface area contributed by atoms with Crippen LogP contribution in [0, 0.1) is 0 Å². The molecule has 0 radical (unpaired) electrons. The van der Waals surface area contributed by atoms with Crippen LogP contribution < -0.4 is 5.69 Å². The number of rotatable bonds is 1. The van der Waals surface area contributed by atoms with Gasteiger partial charge in [0.05, 0.1) is 0 Å². The molecule has 0 bridgehead atoms. The Bertz CT molecular complexity index is 521. The molecule has 14 heavy (non-hydrogen) atoms. The number of fused-ring (bicyclic) bond motifs is 1. The Kier molecular flexibility index (Phi) is 1.85. The number of nitrogens with zero attached hydrogens (tertiary/aromatic N) is 3. The van der Waals surface area contributed by atoms with Gasteiger partial charge in [0.1, 0.15) is 0 Å². The van der Waals surface area contributed by atoms with E-state index in [0.29, 0.717) is 0 Å². The van der Waals surface area contributed by atoms with Gasteiger partial charge in [0.2, 0.25) is 0 Å². The molecule has 4 nitrogen and oxygen atoms in total. The molecule has 0 saturated heterocycles. The van der Waals surface area contributed by atoms with E-state index in [1.807, 2.05) is 18.2 Å². The minimum absolute atomic E-state index is 0.0280. The van der Waals surface area contributed by atoms with Crippen molar-refractivity contribution in [2.75, 3.05) is 0 Å². The molecule has 2 aromatic heterocycles. The zero-order valence-electron chi connectivity index (χ0n) is 8.56. The van der Waals surface area contributed by atoms with Crippen LogP contribution in [-0.4, -0.2) is 22.1 Å². The molecule has 0 aliphatic heterocycles. The van der Waals surface area contributed by atoms with E-state index in [0.717, 1.165) is 5.65 Å². The van der Waals surface area contributed by atoms with Crippen LogP contribution in [-0.2, 0) is 0 Å². The largest absolute Gasteiger partial charge is 0.341 e. The highest BCUT2D eigenvalue weighted by Gasteiger charge is 2.21. The van der Waals surface area contributed by atoms with Crippen molar-refractivity contribution in [1.82, 2.24) is 13.8 Å². The zero-order valence-corrected chi connectivity index (χ0v) is 9.56. The summed E-state index contributed by atoms with van der Waals surface area (Å²) in [5.74, 6) is 0. The van der Waals surface area contributed by atoms with Crippen molar-refractivity contribution in [2.24, 2.45) is 0 Å². The second-order valence-corrected chi connectivity index (χ2v) is 9.06. The fourth-order valence-corrected chi connectivity index (χ4v) is 2.45. The summed E-state index contributed by atoms with van der Waals surface area (Å²) in [6, 6.07) is 5.57. The molecule has 0 aliphatic rings. The van der Waals surface area contributed by atoms with Crippen molar-refractivity contribution in [1.29, 1.82) is 0 Å². The van der Waals surface area contributed by atoms with E-state index in [1.54, 1.807) is 14.9 Å². The molecule has 2 aromatic rings. The maximum atomic E-state index is 11.9. The minimum Gasteiger partial charge on any atom is -0.251 e. The van der Waals surface area contributed by atoms with Crippen LogP contribution in [0.25, 0.3) is 5.65 Å². The van der Waals surface area contributed by atoms with Crippen LogP contribution in [0.15, 0.2) is 29.2 Å². The molecule has 0 unspecified atom stereocenters. The number of hydrogen-bond donors (Lipinski definition) is 0. The Morgan fingerprint density at radius 1 is 1.29 bits per heavy atom. The van der Waals surface area contributed by atoms with Crippen molar-refractivity contribution in [3.05, 3.63) is 34.9 Å². The Morgan fingerprint density at radius 3 is 2.57 bits per heavy atom. The number of pyridine rings is 1. The Hall–Kier alpha value is -1.36. The van der Waals surface area contributed by atoms with E-state index < -0.39 is 8.24 Å². The summed E-state index contributed by atoms with van der Waals surface area (Å²) >= 11 is 0. The van der Waals surface area contributed by atoms with E-state index >= 15 is 0 Å². The molecular formula is C9H13N3OSi. The summed E-state index contributed by atoms with van der Waals surface area (Å²) in [6.07, 6.45) is 1.75. The Balaban J connectivity index is 2.82.